The van der Waals surface area contributed by atoms with E-state index < -0.39 is 0 Å². The zero-order valence-corrected chi connectivity index (χ0v) is 15.1. The van der Waals surface area contributed by atoms with Crippen molar-refractivity contribution in [1.29, 1.82) is 0 Å². The molecular weight excluding hydrogens is 432 g/mol. The van der Waals surface area contributed by atoms with Crippen molar-refractivity contribution in [1.82, 2.24) is 5.32 Å². The number of hydrogen-bond acceptors (Lipinski definition) is 1. The molecule has 1 N–H and O–H groups in total. The molecule has 1 nitrogen and oxygen atoms in total. The molecule has 2 aromatic carbocycles. The van der Waals surface area contributed by atoms with E-state index in [1.165, 1.54) is 0 Å². The second kappa shape index (κ2) is 7.00. The van der Waals surface area contributed by atoms with Crippen LogP contribution in [0.4, 0.5) is 4.39 Å². The molecule has 0 saturated carbocycles. The molecule has 0 bridgehead atoms. The standard InChI is InChI=1S/C16H16BrFIN/c1-3-20-16(12-8-10(2)4-6-14(12)18)13-9-11(17)5-7-15(13)19/h4-9,16,20H,3H2,1-2H3. The summed E-state index contributed by atoms with van der Waals surface area (Å²) < 4.78 is 16.3. The second-order valence-corrected chi connectivity index (χ2v) is 6.76. The highest BCUT2D eigenvalue weighted by Gasteiger charge is 2.19. The van der Waals surface area contributed by atoms with Gasteiger partial charge in [-0.25, -0.2) is 4.39 Å². The molecule has 0 fully saturated rings. The largest absolute Gasteiger partial charge is 0.306 e. The quantitative estimate of drug-likeness (QED) is 0.635. The molecule has 0 spiro atoms. The first-order chi connectivity index (χ1) is 9.52. The second-order valence-electron chi connectivity index (χ2n) is 4.68. The Morgan fingerprint density at radius 3 is 2.65 bits per heavy atom. The van der Waals surface area contributed by atoms with Crippen LogP contribution in [-0.4, -0.2) is 6.54 Å². The average molecular weight is 448 g/mol. The molecule has 20 heavy (non-hydrogen) atoms. The van der Waals surface area contributed by atoms with Crippen molar-refractivity contribution in [3.05, 3.63) is 66.9 Å². The summed E-state index contributed by atoms with van der Waals surface area (Å²) in [5, 5.41) is 3.39. The highest BCUT2D eigenvalue weighted by molar-refractivity contribution is 14.1. The van der Waals surface area contributed by atoms with E-state index in [0.29, 0.717) is 5.56 Å². The SMILES string of the molecule is CCNC(c1cc(C)ccc1F)c1cc(Br)ccc1I. The minimum Gasteiger partial charge on any atom is -0.306 e. The Bertz CT molecular complexity index is 564. The third-order valence-electron chi connectivity index (χ3n) is 3.14. The first-order valence-electron chi connectivity index (χ1n) is 6.47. The predicted molar refractivity (Wildman–Crippen MR) is 93.5 cm³/mol. The number of nitrogens with one attached hydrogen (secondary N) is 1. The molecule has 0 aliphatic rings. The summed E-state index contributed by atoms with van der Waals surface area (Å²) in [4.78, 5) is 0. The smallest absolute Gasteiger partial charge is 0.128 e. The van der Waals surface area contributed by atoms with Gasteiger partial charge in [0.25, 0.3) is 0 Å². The van der Waals surface area contributed by atoms with E-state index in [9.17, 15) is 4.39 Å². The Morgan fingerprint density at radius 2 is 1.95 bits per heavy atom. The first-order valence-corrected chi connectivity index (χ1v) is 8.34. The predicted octanol–water partition coefficient (Wildman–Crippen LogP) is 5.20. The maximum atomic E-state index is 14.2. The monoisotopic (exact) mass is 447 g/mol. The third kappa shape index (κ3) is 3.59. The maximum absolute atomic E-state index is 14.2. The number of halogens is 3. The molecular formula is C16H16BrFIN. The van der Waals surface area contributed by atoms with Crippen molar-refractivity contribution < 1.29 is 4.39 Å². The van der Waals surface area contributed by atoms with Gasteiger partial charge < -0.3 is 5.32 Å². The van der Waals surface area contributed by atoms with Gasteiger partial charge in [-0.05, 0) is 65.9 Å². The molecule has 0 aromatic heterocycles. The van der Waals surface area contributed by atoms with Crippen molar-refractivity contribution in [2.24, 2.45) is 0 Å². The van der Waals surface area contributed by atoms with Gasteiger partial charge in [0.15, 0.2) is 0 Å². The van der Waals surface area contributed by atoms with E-state index >= 15 is 0 Å². The average Bonchev–Trinajstić information content (AvgIpc) is 2.42. The van der Waals surface area contributed by atoms with Gasteiger partial charge in [0.2, 0.25) is 0 Å². The number of hydrogen-bond donors (Lipinski definition) is 1. The molecule has 106 valence electrons. The van der Waals surface area contributed by atoms with Crippen LogP contribution in [0.15, 0.2) is 40.9 Å². The summed E-state index contributed by atoms with van der Waals surface area (Å²) in [6.45, 7) is 4.80. The van der Waals surface area contributed by atoms with Crippen LogP contribution in [0.25, 0.3) is 0 Å². The van der Waals surface area contributed by atoms with E-state index in [4.69, 9.17) is 0 Å². The minimum absolute atomic E-state index is 0.135. The lowest BCUT2D eigenvalue weighted by molar-refractivity contribution is 0.557. The molecule has 1 unspecified atom stereocenters. The van der Waals surface area contributed by atoms with Gasteiger partial charge in [-0.15, -0.1) is 0 Å². The molecule has 0 aliphatic heterocycles. The van der Waals surface area contributed by atoms with Gasteiger partial charge >= 0.3 is 0 Å². The van der Waals surface area contributed by atoms with E-state index in [1.807, 2.05) is 32.0 Å². The molecule has 0 radical (unpaired) electrons. The molecule has 0 heterocycles. The van der Waals surface area contributed by atoms with Crippen LogP contribution in [0.3, 0.4) is 0 Å². The Labute approximate surface area is 141 Å². The zero-order chi connectivity index (χ0) is 14.7. The Balaban J connectivity index is 2.55. The van der Waals surface area contributed by atoms with E-state index in [1.54, 1.807) is 12.1 Å². The highest BCUT2D eigenvalue weighted by atomic mass is 127. The summed E-state index contributed by atoms with van der Waals surface area (Å²) in [5.74, 6) is -0.169. The van der Waals surface area contributed by atoms with Gasteiger partial charge in [0.05, 0.1) is 6.04 Å². The minimum atomic E-state index is -0.169. The van der Waals surface area contributed by atoms with Crippen molar-refractivity contribution in [3.8, 4) is 0 Å². The Hall–Kier alpha value is -0.460. The molecule has 4 heteroatoms. The molecule has 2 aromatic rings. The summed E-state index contributed by atoms with van der Waals surface area (Å²) in [6.07, 6.45) is 0. The summed E-state index contributed by atoms with van der Waals surface area (Å²) >= 11 is 5.79. The van der Waals surface area contributed by atoms with Crippen molar-refractivity contribution in [3.63, 3.8) is 0 Å². The summed E-state index contributed by atoms with van der Waals surface area (Å²) in [5.41, 5.74) is 2.85. The zero-order valence-electron chi connectivity index (χ0n) is 11.4. The number of benzene rings is 2. The van der Waals surface area contributed by atoms with Crippen LogP contribution in [0.2, 0.25) is 0 Å². The van der Waals surface area contributed by atoms with Crippen LogP contribution >= 0.6 is 38.5 Å². The van der Waals surface area contributed by atoms with Crippen LogP contribution in [0.5, 0.6) is 0 Å². The molecule has 2 rings (SSSR count). The van der Waals surface area contributed by atoms with Crippen LogP contribution in [0, 0.1) is 16.3 Å². The van der Waals surface area contributed by atoms with Crippen LogP contribution < -0.4 is 5.32 Å². The fourth-order valence-electron chi connectivity index (χ4n) is 2.21. The lowest BCUT2D eigenvalue weighted by Crippen LogP contribution is -2.24. The fourth-order valence-corrected chi connectivity index (χ4v) is 3.24. The molecule has 0 aliphatic carbocycles. The number of rotatable bonds is 4. The lowest BCUT2D eigenvalue weighted by atomic mass is 9.97. The Kier molecular flexibility index (Phi) is 5.57. The van der Waals surface area contributed by atoms with Gasteiger partial charge in [-0.1, -0.05) is 40.5 Å². The highest BCUT2D eigenvalue weighted by Crippen LogP contribution is 2.30. The van der Waals surface area contributed by atoms with E-state index in [-0.39, 0.29) is 11.9 Å². The van der Waals surface area contributed by atoms with Gasteiger partial charge in [0, 0.05) is 13.6 Å². The first kappa shape index (κ1) is 15.9. The van der Waals surface area contributed by atoms with Crippen LogP contribution in [0.1, 0.15) is 29.7 Å². The third-order valence-corrected chi connectivity index (χ3v) is 4.62. The summed E-state index contributed by atoms with van der Waals surface area (Å²) in [7, 11) is 0. The van der Waals surface area contributed by atoms with Crippen LogP contribution in [-0.2, 0) is 0 Å². The Morgan fingerprint density at radius 1 is 1.20 bits per heavy atom. The summed E-state index contributed by atoms with van der Waals surface area (Å²) in [6, 6.07) is 11.2. The lowest BCUT2D eigenvalue weighted by Gasteiger charge is -2.21. The maximum Gasteiger partial charge on any atom is 0.128 e. The normalized spacial score (nSPS) is 12.4. The van der Waals surface area contributed by atoms with Gasteiger partial charge in [0.1, 0.15) is 5.82 Å². The van der Waals surface area contributed by atoms with Crippen molar-refractivity contribution in [2.45, 2.75) is 19.9 Å². The van der Waals surface area contributed by atoms with E-state index in [0.717, 1.165) is 25.7 Å². The fraction of sp³-hybridized carbons (Fsp3) is 0.250. The van der Waals surface area contributed by atoms with Crippen molar-refractivity contribution >= 4 is 38.5 Å². The van der Waals surface area contributed by atoms with Gasteiger partial charge in [-0.2, -0.15) is 0 Å². The molecule has 1 atom stereocenters. The van der Waals surface area contributed by atoms with Gasteiger partial charge in [-0.3, -0.25) is 0 Å². The topological polar surface area (TPSA) is 12.0 Å². The molecule has 0 saturated heterocycles. The molecule has 0 amide bonds. The van der Waals surface area contributed by atoms with Crippen molar-refractivity contribution in [2.75, 3.05) is 6.54 Å². The van der Waals surface area contributed by atoms with E-state index in [2.05, 4.69) is 49.9 Å². The number of aryl methyl sites for hydroxylation is 1.